The van der Waals surface area contributed by atoms with Gasteiger partial charge in [-0.2, -0.15) is 0 Å². The van der Waals surface area contributed by atoms with E-state index in [1.807, 2.05) is 12.3 Å². The number of allylic oxidation sites excluding steroid dienone is 1. The predicted molar refractivity (Wildman–Crippen MR) is 117 cm³/mol. The lowest BCUT2D eigenvalue weighted by atomic mass is 10.0. The van der Waals surface area contributed by atoms with Gasteiger partial charge in [-0.05, 0) is 62.5 Å². The van der Waals surface area contributed by atoms with Gasteiger partial charge in [-0.1, -0.05) is 25.5 Å². The van der Waals surface area contributed by atoms with Crippen LogP contribution in [0.2, 0.25) is 0 Å². The van der Waals surface area contributed by atoms with Crippen LogP contribution in [-0.2, 0) is 6.54 Å². The summed E-state index contributed by atoms with van der Waals surface area (Å²) in [6.45, 7) is 8.75. The van der Waals surface area contributed by atoms with Gasteiger partial charge in [0.2, 0.25) is 0 Å². The fourth-order valence-corrected chi connectivity index (χ4v) is 3.77. The highest BCUT2D eigenvalue weighted by Gasteiger charge is 2.17. The topological polar surface area (TPSA) is 53.1 Å². The lowest BCUT2D eigenvalue weighted by molar-refractivity contribution is 0.387. The summed E-state index contributed by atoms with van der Waals surface area (Å²) >= 11 is 0. The molecule has 28 heavy (non-hydrogen) atoms. The first kappa shape index (κ1) is 20.3. The standard InChI is InChI=1S/C15H16N4.C8H17N/c1-11-4-5-16-10-15(11)19-9-12-2-3-13-14(8-12)18-7-6-17-13;1-3-4-8-5-6-9(2)7-8/h2-4,6-8,10,16,19H,5,9H2,1H3;8H,3-7H2,1-2H3. The van der Waals surface area contributed by atoms with Crippen LogP contribution < -0.4 is 10.6 Å². The van der Waals surface area contributed by atoms with Crippen LogP contribution in [0.5, 0.6) is 0 Å². The molecule has 0 bridgehead atoms. The molecule has 1 saturated heterocycles. The number of hydrogen-bond donors (Lipinski definition) is 2. The van der Waals surface area contributed by atoms with E-state index in [0.717, 1.165) is 35.7 Å². The third-order valence-electron chi connectivity index (χ3n) is 5.40. The fourth-order valence-electron chi connectivity index (χ4n) is 3.77. The molecule has 1 aromatic carbocycles. The van der Waals surface area contributed by atoms with E-state index in [2.05, 4.69) is 64.6 Å². The summed E-state index contributed by atoms with van der Waals surface area (Å²) < 4.78 is 0. The van der Waals surface area contributed by atoms with E-state index in [4.69, 9.17) is 0 Å². The maximum atomic E-state index is 4.32. The molecule has 1 atom stereocenters. The van der Waals surface area contributed by atoms with Crippen LogP contribution in [0.15, 0.2) is 54.1 Å². The van der Waals surface area contributed by atoms with E-state index < -0.39 is 0 Å². The Bertz CT molecular complexity index is 825. The lowest BCUT2D eigenvalue weighted by Crippen LogP contribution is -2.21. The van der Waals surface area contributed by atoms with Crippen molar-refractivity contribution in [1.82, 2.24) is 25.5 Å². The summed E-state index contributed by atoms with van der Waals surface area (Å²) in [5.74, 6) is 1.01. The van der Waals surface area contributed by atoms with Crippen molar-refractivity contribution in [1.29, 1.82) is 0 Å². The maximum Gasteiger partial charge on any atom is 0.0890 e. The zero-order valence-corrected chi connectivity index (χ0v) is 17.4. The monoisotopic (exact) mass is 379 g/mol. The molecule has 5 heteroatoms. The SMILES string of the molecule is CC1=CCNC=C1NCc1ccc2nccnc2c1.CCCC1CCN(C)C1. The molecule has 1 unspecified atom stereocenters. The third-order valence-corrected chi connectivity index (χ3v) is 5.40. The summed E-state index contributed by atoms with van der Waals surface area (Å²) in [4.78, 5) is 11.0. The molecule has 0 radical (unpaired) electrons. The second-order valence-electron chi connectivity index (χ2n) is 7.79. The fraction of sp³-hybridized carbons (Fsp3) is 0.478. The summed E-state index contributed by atoms with van der Waals surface area (Å²) in [5.41, 5.74) is 5.49. The van der Waals surface area contributed by atoms with Crippen LogP contribution in [-0.4, -0.2) is 41.5 Å². The van der Waals surface area contributed by atoms with Crippen molar-refractivity contribution in [2.75, 3.05) is 26.7 Å². The highest BCUT2D eigenvalue weighted by molar-refractivity contribution is 5.74. The third kappa shape index (κ3) is 5.80. The van der Waals surface area contributed by atoms with Crippen molar-refractivity contribution in [2.24, 2.45) is 5.92 Å². The average molecular weight is 380 g/mol. The zero-order valence-electron chi connectivity index (χ0n) is 17.4. The van der Waals surface area contributed by atoms with Crippen LogP contribution in [0, 0.1) is 5.92 Å². The van der Waals surface area contributed by atoms with Gasteiger partial charge in [0.05, 0.1) is 16.7 Å². The van der Waals surface area contributed by atoms with E-state index in [0.29, 0.717) is 0 Å². The van der Waals surface area contributed by atoms with Gasteiger partial charge in [-0.15, -0.1) is 0 Å². The van der Waals surface area contributed by atoms with Gasteiger partial charge in [-0.3, -0.25) is 9.97 Å². The first-order valence-electron chi connectivity index (χ1n) is 10.4. The highest BCUT2D eigenvalue weighted by atomic mass is 15.1. The Morgan fingerprint density at radius 2 is 2.04 bits per heavy atom. The lowest BCUT2D eigenvalue weighted by Gasteiger charge is -2.16. The van der Waals surface area contributed by atoms with Crippen molar-refractivity contribution in [3.8, 4) is 0 Å². The number of nitrogens with one attached hydrogen (secondary N) is 2. The number of dihydropyridines is 1. The van der Waals surface area contributed by atoms with Crippen molar-refractivity contribution in [2.45, 2.75) is 39.7 Å². The highest BCUT2D eigenvalue weighted by Crippen LogP contribution is 2.18. The summed E-state index contributed by atoms with van der Waals surface area (Å²) in [6.07, 6.45) is 11.9. The minimum atomic E-state index is 0.783. The minimum absolute atomic E-state index is 0.783. The molecule has 2 N–H and O–H groups in total. The molecule has 0 aliphatic carbocycles. The molecule has 3 heterocycles. The second kappa shape index (κ2) is 10.2. The van der Waals surface area contributed by atoms with E-state index in [-0.39, 0.29) is 0 Å². The Labute approximate surface area is 169 Å². The van der Waals surface area contributed by atoms with Gasteiger partial charge < -0.3 is 15.5 Å². The molecule has 1 aromatic heterocycles. The largest absolute Gasteiger partial charge is 0.386 e. The van der Waals surface area contributed by atoms with Gasteiger partial charge in [0, 0.05) is 38.2 Å². The quantitative estimate of drug-likeness (QED) is 0.826. The van der Waals surface area contributed by atoms with Crippen LogP contribution in [0.1, 0.15) is 38.7 Å². The number of benzene rings is 1. The first-order valence-corrected chi connectivity index (χ1v) is 10.4. The van der Waals surface area contributed by atoms with Gasteiger partial charge in [0.25, 0.3) is 0 Å². The molecule has 0 amide bonds. The van der Waals surface area contributed by atoms with E-state index in [9.17, 15) is 0 Å². The van der Waals surface area contributed by atoms with Crippen LogP contribution in [0.3, 0.4) is 0 Å². The molecular formula is C23H33N5. The minimum Gasteiger partial charge on any atom is -0.386 e. The average Bonchev–Trinajstić information content (AvgIpc) is 3.13. The maximum absolute atomic E-state index is 4.32. The molecule has 2 aliphatic heterocycles. The molecular weight excluding hydrogens is 346 g/mol. The van der Waals surface area contributed by atoms with Crippen LogP contribution >= 0.6 is 0 Å². The number of rotatable bonds is 5. The normalized spacial score (nSPS) is 19.3. The van der Waals surface area contributed by atoms with Crippen molar-refractivity contribution in [3.63, 3.8) is 0 Å². The Morgan fingerprint density at radius 3 is 2.75 bits per heavy atom. The summed E-state index contributed by atoms with van der Waals surface area (Å²) in [6, 6.07) is 6.17. The molecule has 150 valence electrons. The first-order chi connectivity index (χ1) is 13.7. The molecule has 1 fully saturated rings. The Kier molecular flexibility index (Phi) is 7.43. The number of aromatic nitrogens is 2. The van der Waals surface area contributed by atoms with E-state index in [1.165, 1.54) is 43.5 Å². The Morgan fingerprint density at radius 1 is 1.21 bits per heavy atom. The molecule has 0 saturated carbocycles. The zero-order chi connectivity index (χ0) is 19.8. The number of fused-ring (bicyclic) bond motifs is 1. The molecule has 2 aromatic rings. The smallest absolute Gasteiger partial charge is 0.0890 e. The molecule has 5 nitrogen and oxygen atoms in total. The molecule has 2 aliphatic rings. The van der Waals surface area contributed by atoms with Gasteiger partial charge >= 0.3 is 0 Å². The van der Waals surface area contributed by atoms with Gasteiger partial charge in [-0.25, -0.2) is 0 Å². The number of nitrogens with zero attached hydrogens (tertiary/aromatic N) is 3. The summed E-state index contributed by atoms with van der Waals surface area (Å²) in [5, 5.41) is 6.64. The number of hydrogen-bond acceptors (Lipinski definition) is 5. The van der Waals surface area contributed by atoms with E-state index in [1.54, 1.807) is 12.4 Å². The van der Waals surface area contributed by atoms with Crippen molar-refractivity contribution < 1.29 is 0 Å². The van der Waals surface area contributed by atoms with Gasteiger partial charge in [0.1, 0.15) is 0 Å². The molecule has 4 rings (SSSR count). The number of likely N-dealkylation sites (tertiary alicyclic amines) is 1. The van der Waals surface area contributed by atoms with Crippen LogP contribution in [0.25, 0.3) is 11.0 Å². The van der Waals surface area contributed by atoms with Crippen molar-refractivity contribution in [3.05, 3.63) is 59.7 Å². The Balaban J connectivity index is 0.000000211. The second-order valence-corrected chi connectivity index (χ2v) is 7.79. The molecule has 0 spiro atoms. The van der Waals surface area contributed by atoms with Crippen LogP contribution in [0.4, 0.5) is 0 Å². The van der Waals surface area contributed by atoms with Gasteiger partial charge in [0.15, 0.2) is 0 Å². The summed E-state index contributed by atoms with van der Waals surface area (Å²) in [7, 11) is 2.22. The van der Waals surface area contributed by atoms with Crippen molar-refractivity contribution >= 4 is 11.0 Å². The predicted octanol–water partition coefficient (Wildman–Crippen LogP) is 3.85. The Hall–Kier alpha value is -2.40. The van der Waals surface area contributed by atoms with E-state index >= 15 is 0 Å².